The molecule has 0 aromatic heterocycles. The van der Waals surface area contributed by atoms with Gasteiger partial charge < -0.3 is 13.3 Å². The van der Waals surface area contributed by atoms with Gasteiger partial charge in [0.05, 0.1) is 0 Å². The second-order valence-corrected chi connectivity index (χ2v) is 6.05. The van der Waals surface area contributed by atoms with Crippen molar-refractivity contribution in [2.75, 3.05) is 0 Å². The van der Waals surface area contributed by atoms with Crippen LogP contribution < -0.4 is 0 Å². The molecular formula is C20H42Mg. The fraction of sp³-hybridized carbons (Fsp3) is 0.900. The minimum atomic E-state index is 0. The molecule has 1 atom stereocenters. The second-order valence-electron chi connectivity index (χ2n) is 6.05. The van der Waals surface area contributed by atoms with Crippen molar-refractivity contribution >= 4 is 23.1 Å². The number of rotatable bonds is 13. The third kappa shape index (κ3) is 29.4. The maximum Gasteiger partial charge on any atom is 2.00 e. The van der Waals surface area contributed by atoms with E-state index in [1.54, 1.807) is 0 Å². The first kappa shape index (κ1) is 26.7. The van der Waals surface area contributed by atoms with Crippen LogP contribution in [-0.2, 0) is 0 Å². The van der Waals surface area contributed by atoms with E-state index in [2.05, 4.69) is 41.0 Å². The number of unbranched alkanes of at least 4 members (excludes halogenated alkanes) is 10. The standard InChI is InChI=1S/C12H25.C8H17.Mg/c1-3-5-7-9-11-12-10-8-6-4-2;1-4-6-7-8(3)5-2;/h9H,3-8,10-12H2,1-2H3;8H,3-7H2,1-2H3;/q2*-1;+2. The van der Waals surface area contributed by atoms with E-state index in [4.69, 9.17) is 0 Å². The Morgan fingerprint density at radius 3 is 1.76 bits per heavy atom. The monoisotopic (exact) mass is 306 g/mol. The van der Waals surface area contributed by atoms with Gasteiger partial charge in [-0.15, -0.1) is 0 Å². The molecule has 0 aliphatic rings. The van der Waals surface area contributed by atoms with Crippen LogP contribution in [0, 0.1) is 19.3 Å². The van der Waals surface area contributed by atoms with Crippen molar-refractivity contribution < 1.29 is 0 Å². The third-order valence-electron chi connectivity index (χ3n) is 3.82. The molecule has 0 radical (unpaired) electrons. The Hall–Kier alpha value is 0.766. The molecule has 0 saturated heterocycles. The van der Waals surface area contributed by atoms with Crippen molar-refractivity contribution in [2.24, 2.45) is 5.92 Å². The normalized spacial score (nSPS) is 11.3. The fourth-order valence-corrected chi connectivity index (χ4v) is 2.08. The Bertz CT molecular complexity index is 135. The van der Waals surface area contributed by atoms with E-state index in [1.807, 2.05) is 0 Å². The van der Waals surface area contributed by atoms with Crippen molar-refractivity contribution in [3.05, 3.63) is 13.3 Å². The SMILES string of the molecule is CCCC[CH-]CCCCCCC.[CH2-]C(CC)CCCC.[Mg+2]. The number of hydrogen-bond acceptors (Lipinski definition) is 0. The molecule has 1 unspecified atom stereocenters. The second kappa shape index (κ2) is 25.7. The maximum absolute atomic E-state index is 3.99. The van der Waals surface area contributed by atoms with Gasteiger partial charge in [0.1, 0.15) is 0 Å². The molecule has 0 spiro atoms. The zero-order valence-electron chi connectivity index (χ0n) is 15.8. The van der Waals surface area contributed by atoms with Crippen LogP contribution in [0.3, 0.4) is 0 Å². The molecule has 0 saturated carbocycles. The summed E-state index contributed by atoms with van der Waals surface area (Å²) in [6.45, 7) is 13.0. The minimum absolute atomic E-state index is 0. The van der Waals surface area contributed by atoms with E-state index in [-0.39, 0.29) is 23.1 Å². The van der Waals surface area contributed by atoms with Gasteiger partial charge in [0.2, 0.25) is 0 Å². The molecule has 0 aliphatic heterocycles. The average molecular weight is 307 g/mol. The predicted molar refractivity (Wildman–Crippen MR) is 102 cm³/mol. The van der Waals surface area contributed by atoms with Gasteiger partial charge in [0.25, 0.3) is 0 Å². The van der Waals surface area contributed by atoms with Gasteiger partial charge in [-0.3, -0.25) is 0 Å². The van der Waals surface area contributed by atoms with Crippen molar-refractivity contribution in [3.63, 3.8) is 0 Å². The molecule has 0 aromatic rings. The Labute approximate surface area is 153 Å². The Balaban J connectivity index is -0.000000317. The third-order valence-corrected chi connectivity index (χ3v) is 3.82. The van der Waals surface area contributed by atoms with Crippen LogP contribution in [0.1, 0.15) is 111 Å². The van der Waals surface area contributed by atoms with E-state index in [0.717, 1.165) is 0 Å². The van der Waals surface area contributed by atoms with Gasteiger partial charge in [0, 0.05) is 0 Å². The molecule has 124 valence electrons. The van der Waals surface area contributed by atoms with Gasteiger partial charge in [-0.05, 0) is 0 Å². The first-order valence-corrected chi connectivity index (χ1v) is 9.37. The van der Waals surface area contributed by atoms with E-state index in [9.17, 15) is 0 Å². The van der Waals surface area contributed by atoms with E-state index in [0.29, 0.717) is 5.92 Å². The molecule has 0 bridgehead atoms. The van der Waals surface area contributed by atoms with Crippen LogP contribution in [0.25, 0.3) is 0 Å². The van der Waals surface area contributed by atoms with E-state index < -0.39 is 0 Å². The van der Waals surface area contributed by atoms with Crippen molar-refractivity contribution in [1.82, 2.24) is 0 Å². The summed E-state index contributed by atoms with van der Waals surface area (Å²) in [5, 5.41) is 0. The van der Waals surface area contributed by atoms with Crippen LogP contribution in [0.5, 0.6) is 0 Å². The van der Waals surface area contributed by atoms with Gasteiger partial charge in [0.15, 0.2) is 0 Å². The average Bonchev–Trinajstić information content (AvgIpc) is 2.48. The molecule has 0 aliphatic carbocycles. The fourth-order valence-electron chi connectivity index (χ4n) is 2.08. The molecule has 0 rings (SSSR count). The Kier molecular flexibility index (Phi) is 32.6. The summed E-state index contributed by atoms with van der Waals surface area (Å²) in [5.74, 6) is 0.704. The van der Waals surface area contributed by atoms with Crippen LogP contribution in [0.2, 0.25) is 0 Å². The van der Waals surface area contributed by atoms with Gasteiger partial charge in [-0.2, -0.15) is 18.8 Å². The summed E-state index contributed by atoms with van der Waals surface area (Å²) in [7, 11) is 0. The van der Waals surface area contributed by atoms with Crippen molar-refractivity contribution in [2.45, 2.75) is 111 Å². The topological polar surface area (TPSA) is 0 Å². The van der Waals surface area contributed by atoms with Crippen molar-refractivity contribution in [1.29, 1.82) is 0 Å². The first-order chi connectivity index (χ1) is 9.72. The van der Waals surface area contributed by atoms with Crippen LogP contribution in [-0.4, -0.2) is 23.1 Å². The molecule has 0 nitrogen and oxygen atoms in total. The summed E-state index contributed by atoms with van der Waals surface area (Å²) in [4.78, 5) is 0. The maximum atomic E-state index is 3.99. The summed E-state index contributed by atoms with van der Waals surface area (Å²) in [5.41, 5.74) is 0. The molecule has 1 heteroatoms. The molecule has 0 N–H and O–H groups in total. The predicted octanol–water partition coefficient (Wildman–Crippen LogP) is 7.40. The molecule has 0 aromatic carbocycles. The smallest absolute Gasteiger partial charge is 0.340 e. The summed E-state index contributed by atoms with van der Waals surface area (Å²) in [6, 6.07) is 0. The molecule has 0 heterocycles. The zero-order valence-corrected chi connectivity index (χ0v) is 17.2. The Morgan fingerprint density at radius 1 is 0.714 bits per heavy atom. The summed E-state index contributed by atoms with van der Waals surface area (Å²) < 4.78 is 0. The van der Waals surface area contributed by atoms with Crippen LogP contribution in [0.15, 0.2) is 0 Å². The minimum Gasteiger partial charge on any atom is -0.340 e. The molecular weight excluding hydrogens is 265 g/mol. The Morgan fingerprint density at radius 2 is 1.24 bits per heavy atom. The zero-order chi connectivity index (χ0) is 15.5. The molecule has 0 fully saturated rings. The summed E-state index contributed by atoms with van der Waals surface area (Å²) >= 11 is 0. The van der Waals surface area contributed by atoms with Gasteiger partial charge >= 0.3 is 23.1 Å². The molecule has 21 heavy (non-hydrogen) atoms. The van der Waals surface area contributed by atoms with Gasteiger partial charge in [-0.1, -0.05) is 98.3 Å². The molecule has 0 amide bonds. The number of hydrogen-bond donors (Lipinski definition) is 0. The first-order valence-electron chi connectivity index (χ1n) is 9.37. The largest absolute Gasteiger partial charge is 2.00 e. The van der Waals surface area contributed by atoms with Crippen LogP contribution in [0.4, 0.5) is 0 Å². The van der Waals surface area contributed by atoms with Crippen LogP contribution >= 0.6 is 0 Å². The summed E-state index contributed by atoms with van der Waals surface area (Å²) in [6.07, 6.45) is 20.2. The quantitative estimate of drug-likeness (QED) is 0.189. The van der Waals surface area contributed by atoms with E-state index in [1.165, 1.54) is 83.5 Å². The van der Waals surface area contributed by atoms with Gasteiger partial charge in [-0.25, -0.2) is 0 Å². The van der Waals surface area contributed by atoms with Crippen molar-refractivity contribution in [3.8, 4) is 0 Å². The van der Waals surface area contributed by atoms with E-state index >= 15 is 0 Å².